The summed E-state index contributed by atoms with van der Waals surface area (Å²) in [5, 5.41) is 14.8. The Morgan fingerprint density at radius 3 is 2.45 bits per heavy atom. The van der Waals surface area contributed by atoms with Crippen LogP contribution in [0.25, 0.3) is 0 Å². The van der Waals surface area contributed by atoms with E-state index < -0.39 is 28.7 Å². The number of hydrogen-bond donors (Lipinski definition) is 3. The second-order valence-corrected chi connectivity index (χ2v) is 8.82. The van der Waals surface area contributed by atoms with E-state index in [1.807, 2.05) is 0 Å². The number of sulfonamides is 1. The second-order valence-electron chi connectivity index (χ2n) is 6.95. The minimum Gasteiger partial charge on any atom is -0.342 e. The van der Waals surface area contributed by atoms with Crippen LogP contribution < -0.4 is 5.32 Å². The first kappa shape index (κ1) is 21.3. The highest BCUT2D eigenvalue weighted by Gasteiger charge is 2.34. The smallest absolute Gasteiger partial charge is 0.342 e. The van der Waals surface area contributed by atoms with Gasteiger partial charge in [-0.1, -0.05) is 0 Å². The van der Waals surface area contributed by atoms with Crippen LogP contribution in [-0.2, 0) is 10.0 Å². The zero-order valence-electron chi connectivity index (χ0n) is 15.8. The number of H-pyrrole nitrogens is 2. The van der Waals surface area contributed by atoms with E-state index in [0.717, 1.165) is 0 Å². The molecule has 0 radical (unpaired) electrons. The lowest BCUT2D eigenvalue weighted by Gasteiger charge is -2.30. The van der Waals surface area contributed by atoms with Crippen molar-refractivity contribution in [1.82, 2.24) is 30.0 Å². The lowest BCUT2D eigenvalue weighted by molar-refractivity contribution is -0.123. The molecule has 3 heterocycles. The van der Waals surface area contributed by atoms with Crippen LogP contribution in [-0.4, -0.2) is 64.8 Å². The van der Waals surface area contributed by atoms with Gasteiger partial charge >= 0.3 is 6.18 Å². The molecular weight excluding hydrogens is 413 g/mol. The van der Waals surface area contributed by atoms with Gasteiger partial charge in [-0.15, -0.1) is 0 Å². The average molecular weight is 434 g/mol. The van der Waals surface area contributed by atoms with Crippen LogP contribution in [0.5, 0.6) is 0 Å². The predicted octanol–water partition coefficient (Wildman–Crippen LogP) is 1.61. The van der Waals surface area contributed by atoms with Gasteiger partial charge in [-0.3, -0.25) is 15.0 Å². The molecule has 0 unspecified atom stereocenters. The number of carbonyl (C=O) groups excluding carboxylic acids is 1. The fourth-order valence-electron chi connectivity index (χ4n) is 3.39. The molecule has 1 aliphatic heterocycles. The molecule has 3 N–H and O–H groups in total. The summed E-state index contributed by atoms with van der Waals surface area (Å²) in [5.41, 5.74) is 1.35. The largest absolute Gasteiger partial charge is 0.405 e. The Morgan fingerprint density at radius 1 is 1.24 bits per heavy atom. The van der Waals surface area contributed by atoms with Gasteiger partial charge in [0.05, 0.1) is 11.4 Å². The van der Waals surface area contributed by atoms with Crippen molar-refractivity contribution >= 4 is 15.9 Å². The van der Waals surface area contributed by atoms with Crippen LogP contribution >= 0.6 is 0 Å². The van der Waals surface area contributed by atoms with Gasteiger partial charge in [0.1, 0.15) is 17.1 Å². The Bertz CT molecular complexity index is 970. The summed E-state index contributed by atoms with van der Waals surface area (Å²) in [4.78, 5) is 12.0. The second kappa shape index (κ2) is 7.78. The molecule has 160 valence electrons. The molecule has 1 amide bonds. The Kier molecular flexibility index (Phi) is 5.72. The molecule has 1 aliphatic rings. The summed E-state index contributed by atoms with van der Waals surface area (Å²) in [6.07, 6.45) is -3.53. The first-order valence-corrected chi connectivity index (χ1v) is 10.3. The van der Waals surface area contributed by atoms with E-state index in [1.54, 1.807) is 19.2 Å². The molecule has 0 aliphatic carbocycles. The monoisotopic (exact) mass is 434 g/mol. The molecule has 2 aromatic rings. The van der Waals surface area contributed by atoms with Crippen molar-refractivity contribution in [2.75, 3.05) is 19.6 Å². The van der Waals surface area contributed by atoms with Crippen molar-refractivity contribution in [3.05, 3.63) is 28.8 Å². The molecule has 0 spiro atoms. The number of aryl methyl sites for hydroxylation is 2. The van der Waals surface area contributed by atoms with Crippen LogP contribution in [0, 0.1) is 13.8 Å². The van der Waals surface area contributed by atoms with Crippen molar-refractivity contribution in [3.63, 3.8) is 0 Å². The molecule has 9 nitrogen and oxygen atoms in total. The van der Waals surface area contributed by atoms with Crippen LogP contribution in [0.15, 0.2) is 11.0 Å². The van der Waals surface area contributed by atoms with Gasteiger partial charge in [0.2, 0.25) is 10.0 Å². The molecule has 0 aromatic carbocycles. The molecular formula is C16H21F3N6O3S. The lowest BCUT2D eigenvalue weighted by Crippen LogP contribution is -2.38. The number of aromatic nitrogens is 4. The Hall–Kier alpha value is -2.41. The number of piperidine rings is 1. The number of rotatable bonds is 5. The fraction of sp³-hybridized carbons (Fsp3) is 0.562. The fourth-order valence-corrected chi connectivity index (χ4v) is 5.19. The Labute approximate surface area is 165 Å². The van der Waals surface area contributed by atoms with Crippen molar-refractivity contribution in [2.24, 2.45) is 0 Å². The molecule has 1 fully saturated rings. The summed E-state index contributed by atoms with van der Waals surface area (Å²) in [6, 6.07) is 1.41. The first-order valence-electron chi connectivity index (χ1n) is 8.91. The molecule has 0 atom stereocenters. The van der Waals surface area contributed by atoms with Gasteiger partial charge in [0, 0.05) is 24.7 Å². The third kappa shape index (κ3) is 4.61. The summed E-state index contributed by atoms with van der Waals surface area (Å²) in [6.45, 7) is 2.38. The average Bonchev–Trinajstić information content (AvgIpc) is 3.26. The molecule has 1 saturated heterocycles. The van der Waals surface area contributed by atoms with Crippen molar-refractivity contribution in [3.8, 4) is 0 Å². The van der Waals surface area contributed by atoms with E-state index in [2.05, 4.69) is 20.4 Å². The third-order valence-electron chi connectivity index (χ3n) is 4.83. The first-order chi connectivity index (χ1) is 13.5. The molecule has 0 saturated carbocycles. The Balaban J connectivity index is 1.63. The van der Waals surface area contributed by atoms with Crippen molar-refractivity contribution in [2.45, 2.75) is 43.7 Å². The molecule has 2 aromatic heterocycles. The van der Waals surface area contributed by atoms with Gasteiger partial charge in [0.15, 0.2) is 0 Å². The predicted molar refractivity (Wildman–Crippen MR) is 95.8 cm³/mol. The van der Waals surface area contributed by atoms with E-state index in [1.165, 1.54) is 10.4 Å². The van der Waals surface area contributed by atoms with E-state index in [9.17, 15) is 26.4 Å². The van der Waals surface area contributed by atoms with Crippen LogP contribution in [0.3, 0.4) is 0 Å². The molecule has 13 heteroatoms. The number of nitrogens with zero attached hydrogens (tertiary/aromatic N) is 3. The van der Waals surface area contributed by atoms with Gasteiger partial charge < -0.3 is 5.32 Å². The maximum atomic E-state index is 12.9. The van der Waals surface area contributed by atoms with Crippen molar-refractivity contribution < 1.29 is 26.4 Å². The highest BCUT2D eigenvalue weighted by Crippen LogP contribution is 2.31. The highest BCUT2D eigenvalue weighted by molar-refractivity contribution is 7.89. The summed E-state index contributed by atoms with van der Waals surface area (Å²) >= 11 is 0. The van der Waals surface area contributed by atoms with E-state index >= 15 is 0 Å². The zero-order valence-corrected chi connectivity index (χ0v) is 16.6. The third-order valence-corrected chi connectivity index (χ3v) is 6.99. The maximum Gasteiger partial charge on any atom is 0.405 e. The number of carbonyl (C=O) groups is 1. The molecule has 0 bridgehead atoms. The van der Waals surface area contributed by atoms with E-state index in [4.69, 9.17) is 0 Å². The van der Waals surface area contributed by atoms with Crippen LogP contribution in [0.2, 0.25) is 0 Å². The molecule has 29 heavy (non-hydrogen) atoms. The van der Waals surface area contributed by atoms with Gasteiger partial charge in [0.25, 0.3) is 5.91 Å². The van der Waals surface area contributed by atoms with Crippen LogP contribution in [0.1, 0.15) is 46.3 Å². The minimum absolute atomic E-state index is 0.0790. The minimum atomic E-state index is -4.50. The van der Waals surface area contributed by atoms with Gasteiger partial charge in [-0.2, -0.15) is 27.7 Å². The van der Waals surface area contributed by atoms with Gasteiger partial charge in [-0.25, -0.2) is 8.42 Å². The van der Waals surface area contributed by atoms with E-state index in [0.29, 0.717) is 29.9 Å². The summed E-state index contributed by atoms with van der Waals surface area (Å²) < 4.78 is 63.8. The number of amides is 1. The number of hydrogen-bond acceptors (Lipinski definition) is 5. The topological polar surface area (TPSA) is 124 Å². The highest BCUT2D eigenvalue weighted by atomic mass is 32.2. The van der Waals surface area contributed by atoms with Crippen LogP contribution in [0.4, 0.5) is 13.2 Å². The quantitative estimate of drug-likeness (QED) is 0.660. The van der Waals surface area contributed by atoms with Crippen molar-refractivity contribution in [1.29, 1.82) is 0 Å². The van der Waals surface area contributed by atoms with Gasteiger partial charge in [-0.05, 0) is 32.8 Å². The molecule has 3 rings (SSSR count). The normalized spacial score (nSPS) is 16.9. The standard InChI is InChI=1S/C16H21F3N6O3S/c1-9-14(10(2)22-21-9)29(27,28)25-5-3-11(4-6-25)12-7-13(24-23-12)15(26)20-8-16(17,18)19/h7,11H,3-6,8H2,1-2H3,(H,20,26)(H,21,22)(H,23,24). The van der Waals surface area contributed by atoms with E-state index in [-0.39, 0.29) is 29.6 Å². The number of nitrogens with one attached hydrogen (secondary N) is 3. The number of aromatic amines is 2. The lowest BCUT2D eigenvalue weighted by atomic mass is 9.94. The number of alkyl halides is 3. The Morgan fingerprint density at radius 2 is 1.90 bits per heavy atom. The summed E-state index contributed by atoms with van der Waals surface area (Å²) in [5.74, 6) is -1.000. The zero-order chi connectivity index (χ0) is 21.4. The number of halogens is 3. The summed E-state index contributed by atoms with van der Waals surface area (Å²) in [7, 11) is -3.67. The maximum absolute atomic E-state index is 12.9. The SMILES string of the molecule is Cc1n[nH]c(C)c1S(=O)(=O)N1CCC(c2cc(C(=O)NCC(F)(F)F)n[nH]2)CC1.